The molecule has 2 N–H and O–H groups in total. The Hall–Kier alpha value is -1.30. The zero-order valence-electron chi connectivity index (χ0n) is 14.8. The standard InChI is InChI=1S/C18H26ClN3O2.ClH/c1-3-10-22(16-8-9-20-12-16)18(24)11-17(21-13(2)23)14-4-6-15(19)7-5-14;/h4-7,16-17,20H,3,8-12H2,1-2H3,(H,21,23);1H. The molecular weight excluding hydrogens is 361 g/mol. The summed E-state index contributed by atoms with van der Waals surface area (Å²) in [6, 6.07) is 7.19. The maximum atomic E-state index is 12.9. The Morgan fingerprint density at radius 3 is 2.56 bits per heavy atom. The Morgan fingerprint density at radius 1 is 1.36 bits per heavy atom. The first kappa shape index (κ1) is 21.7. The topological polar surface area (TPSA) is 61.4 Å². The third-order valence-electron chi connectivity index (χ3n) is 4.29. The predicted molar refractivity (Wildman–Crippen MR) is 103 cm³/mol. The van der Waals surface area contributed by atoms with E-state index in [0.29, 0.717) is 5.02 Å². The molecule has 1 aromatic carbocycles. The lowest BCUT2D eigenvalue weighted by Crippen LogP contribution is -2.43. The molecule has 0 radical (unpaired) electrons. The van der Waals surface area contributed by atoms with Crippen LogP contribution in [0.5, 0.6) is 0 Å². The van der Waals surface area contributed by atoms with Crippen LogP contribution in [0.25, 0.3) is 0 Å². The molecule has 7 heteroatoms. The van der Waals surface area contributed by atoms with E-state index in [-0.39, 0.29) is 42.7 Å². The summed E-state index contributed by atoms with van der Waals surface area (Å²) < 4.78 is 0. The van der Waals surface area contributed by atoms with Gasteiger partial charge in [-0.1, -0.05) is 30.7 Å². The van der Waals surface area contributed by atoms with Crippen molar-refractivity contribution in [1.82, 2.24) is 15.5 Å². The number of rotatable bonds is 7. The first-order chi connectivity index (χ1) is 11.5. The maximum absolute atomic E-state index is 12.9. The number of amides is 2. The number of hydrogen-bond acceptors (Lipinski definition) is 3. The summed E-state index contributed by atoms with van der Waals surface area (Å²) in [5, 5.41) is 6.84. The van der Waals surface area contributed by atoms with Crippen molar-refractivity contribution < 1.29 is 9.59 Å². The van der Waals surface area contributed by atoms with Crippen molar-refractivity contribution in [1.29, 1.82) is 0 Å². The average Bonchev–Trinajstić information content (AvgIpc) is 3.06. The summed E-state index contributed by atoms with van der Waals surface area (Å²) in [4.78, 5) is 26.4. The molecule has 1 fully saturated rings. The van der Waals surface area contributed by atoms with Crippen LogP contribution >= 0.6 is 24.0 Å². The summed E-state index contributed by atoms with van der Waals surface area (Å²) in [5.74, 6) is -0.0634. The van der Waals surface area contributed by atoms with Crippen LogP contribution in [0.2, 0.25) is 5.02 Å². The quantitative estimate of drug-likeness (QED) is 0.755. The van der Waals surface area contributed by atoms with Gasteiger partial charge in [0.2, 0.25) is 11.8 Å². The molecular formula is C18H27Cl2N3O2. The average molecular weight is 388 g/mol. The van der Waals surface area contributed by atoms with Crippen molar-refractivity contribution in [3.8, 4) is 0 Å². The minimum Gasteiger partial charge on any atom is -0.349 e. The molecule has 2 amide bonds. The lowest BCUT2D eigenvalue weighted by Gasteiger charge is -2.30. The molecule has 2 rings (SSSR count). The van der Waals surface area contributed by atoms with E-state index in [1.54, 1.807) is 12.1 Å². The number of benzene rings is 1. The first-order valence-electron chi connectivity index (χ1n) is 8.54. The number of carbonyl (C=O) groups is 2. The molecule has 2 unspecified atom stereocenters. The van der Waals surface area contributed by atoms with Crippen LogP contribution in [0, 0.1) is 0 Å². The summed E-state index contributed by atoms with van der Waals surface area (Å²) in [5.41, 5.74) is 0.893. The molecule has 1 aliphatic rings. The van der Waals surface area contributed by atoms with Gasteiger partial charge in [0.25, 0.3) is 0 Å². The minimum atomic E-state index is -0.332. The Labute approximate surface area is 160 Å². The second-order valence-corrected chi connectivity index (χ2v) is 6.68. The highest BCUT2D eigenvalue weighted by molar-refractivity contribution is 6.30. The van der Waals surface area contributed by atoms with Crippen LogP contribution in [0.4, 0.5) is 0 Å². The van der Waals surface area contributed by atoms with Crippen LogP contribution in [0.1, 0.15) is 44.7 Å². The van der Waals surface area contributed by atoms with Crippen molar-refractivity contribution in [3.63, 3.8) is 0 Å². The molecule has 1 aliphatic heterocycles. The largest absolute Gasteiger partial charge is 0.349 e. The smallest absolute Gasteiger partial charge is 0.225 e. The van der Waals surface area contributed by atoms with Gasteiger partial charge in [0.05, 0.1) is 12.5 Å². The zero-order valence-corrected chi connectivity index (χ0v) is 16.3. The van der Waals surface area contributed by atoms with Crippen LogP contribution in [-0.4, -0.2) is 42.4 Å². The normalized spacial score (nSPS) is 17.5. The molecule has 25 heavy (non-hydrogen) atoms. The van der Waals surface area contributed by atoms with Gasteiger partial charge in [0, 0.05) is 31.1 Å². The molecule has 1 heterocycles. The van der Waals surface area contributed by atoms with E-state index in [0.717, 1.165) is 38.0 Å². The van der Waals surface area contributed by atoms with Crippen molar-refractivity contribution >= 4 is 35.8 Å². The predicted octanol–water partition coefficient (Wildman–Crippen LogP) is 2.93. The summed E-state index contributed by atoms with van der Waals surface area (Å²) in [6.45, 7) is 6.09. The van der Waals surface area contributed by atoms with Gasteiger partial charge in [0.15, 0.2) is 0 Å². The maximum Gasteiger partial charge on any atom is 0.225 e. The second kappa shape index (κ2) is 10.6. The van der Waals surface area contributed by atoms with Gasteiger partial charge < -0.3 is 15.5 Å². The number of nitrogens with zero attached hydrogens (tertiary/aromatic N) is 1. The van der Waals surface area contributed by atoms with E-state index in [9.17, 15) is 9.59 Å². The summed E-state index contributed by atoms with van der Waals surface area (Å²) in [7, 11) is 0. The molecule has 0 aromatic heterocycles. The van der Waals surface area contributed by atoms with E-state index in [1.165, 1.54) is 6.92 Å². The minimum absolute atomic E-state index is 0. The summed E-state index contributed by atoms with van der Waals surface area (Å²) in [6.07, 6.45) is 2.17. The fourth-order valence-electron chi connectivity index (χ4n) is 3.14. The molecule has 1 aromatic rings. The third-order valence-corrected chi connectivity index (χ3v) is 4.54. The summed E-state index contributed by atoms with van der Waals surface area (Å²) >= 11 is 5.94. The van der Waals surface area contributed by atoms with Crippen LogP contribution in [0.3, 0.4) is 0 Å². The van der Waals surface area contributed by atoms with E-state index in [2.05, 4.69) is 17.6 Å². The van der Waals surface area contributed by atoms with E-state index < -0.39 is 0 Å². The van der Waals surface area contributed by atoms with Gasteiger partial charge in [-0.3, -0.25) is 9.59 Å². The molecule has 5 nitrogen and oxygen atoms in total. The zero-order chi connectivity index (χ0) is 17.5. The van der Waals surface area contributed by atoms with Crippen molar-refractivity contribution in [2.45, 2.75) is 45.2 Å². The Kier molecular flexibility index (Phi) is 9.25. The first-order valence-corrected chi connectivity index (χ1v) is 8.91. The lowest BCUT2D eigenvalue weighted by molar-refractivity contribution is -0.134. The Morgan fingerprint density at radius 2 is 2.04 bits per heavy atom. The van der Waals surface area contributed by atoms with Crippen molar-refractivity contribution in [2.24, 2.45) is 0 Å². The third kappa shape index (κ3) is 6.49. The number of nitrogens with one attached hydrogen (secondary N) is 2. The van der Waals surface area contributed by atoms with Gasteiger partial charge >= 0.3 is 0 Å². The van der Waals surface area contributed by atoms with Gasteiger partial charge in [-0.25, -0.2) is 0 Å². The Bertz CT molecular complexity index is 560. The van der Waals surface area contributed by atoms with Crippen molar-refractivity contribution in [3.05, 3.63) is 34.9 Å². The fraction of sp³-hybridized carbons (Fsp3) is 0.556. The lowest BCUT2D eigenvalue weighted by atomic mass is 10.0. The van der Waals surface area contributed by atoms with Gasteiger partial charge in [-0.2, -0.15) is 0 Å². The number of halogens is 2. The molecule has 2 atom stereocenters. The monoisotopic (exact) mass is 387 g/mol. The Balaban J connectivity index is 0.00000312. The number of hydrogen-bond donors (Lipinski definition) is 2. The van der Waals surface area contributed by atoms with Crippen LogP contribution in [-0.2, 0) is 9.59 Å². The molecule has 0 bridgehead atoms. The molecule has 0 saturated carbocycles. The van der Waals surface area contributed by atoms with Crippen LogP contribution in [0.15, 0.2) is 24.3 Å². The van der Waals surface area contributed by atoms with Crippen LogP contribution < -0.4 is 10.6 Å². The van der Waals surface area contributed by atoms with E-state index in [4.69, 9.17) is 11.6 Å². The second-order valence-electron chi connectivity index (χ2n) is 6.24. The molecule has 140 valence electrons. The SMILES string of the molecule is CCCN(C(=O)CC(NC(C)=O)c1ccc(Cl)cc1)C1CCNC1.Cl. The van der Waals surface area contributed by atoms with Gasteiger partial charge in [-0.15, -0.1) is 12.4 Å². The van der Waals surface area contributed by atoms with Crippen molar-refractivity contribution in [2.75, 3.05) is 19.6 Å². The van der Waals surface area contributed by atoms with E-state index in [1.807, 2.05) is 17.0 Å². The highest BCUT2D eigenvalue weighted by atomic mass is 35.5. The fourth-order valence-corrected chi connectivity index (χ4v) is 3.27. The van der Waals surface area contributed by atoms with Gasteiger partial charge in [-0.05, 0) is 37.1 Å². The molecule has 0 aliphatic carbocycles. The molecule has 1 saturated heterocycles. The number of carbonyl (C=O) groups excluding carboxylic acids is 2. The highest BCUT2D eigenvalue weighted by Gasteiger charge is 2.28. The van der Waals surface area contributed by atoms with E-state index >= 15 is 0 Å². The molecule has 0 spiro atoms. The highest BCUT2D eigenvalue weighted by Crippen LogP contribution is 2.22. The van der Waals surface area contributed by atoms with Gasteiger partial charge in [0.1, 0.15) is 0 Å².